The first-order valence-corrected chi connectivity index (χ1v) is 8.87. The number of halogens is 1. The van der Waals surface area contributed by atoms with Crippen molar-refractivity contribution in [2.24, 2.45) is 0 Å². The molecule has 8 nitrogen and oxygen atoms in total. The number of ketones is 1. The number of anilines is 1. The van der Waals surface area contributed by atoms with Crippen LogP contribution in [0.3, 0.4) is 0 Å². The number of ether oxygens (including phenoxy) is 1. The van der Waals surface area contributed by atoms with Crippen LogP contribution in [-0.2, 0) is 11.3 Å². The van der Waals surface area contributed by atoms with Gasteiger partial charge in [0, 0.05) is 30.4 Å². The quantitative estimate of drug-likeness (QED) is 0.689. The lowest BCUT2D eigenvalue weighted by Gasteiger charge is -2.18. The Hall–Kier alpha value is -3.13. The molecule has 0 radical (unpaired) electrons. The van der Waals surface area contributed by atoms with Gasteiger partial charge in [-0.3, -0.25) is 10.1 Å². The number of aromatic nitrogens is 1. The molecule has 0 atom stereocenters. The topological polar surface area (TPSA) is 101 Å². The second-order valence-electron chi connectivity index (χ2n) is 5.92. The maximum atomic E-state index is 12.1. The third kappa shape index (κ3) is 6.55. The highest BCUT2D eigenvalue weighted by Gasteiger charge is 2.11. The minimum atomic E-state index is -0.701. The number of pyridine rings is 1. The Morgan fingerprint density at radius 1 is 1.18 bits per heavy atom. The molecule has 148 valence electrons. The number of likely N-dealkylation sites (N-methyl/N-ethyl adjacent to an activating group) is 1. The first-order chi connectivity index (χ1) is 13.4. The number of benzene rings is 1. The SMILES string of the molecule is CC(=O)c1ccc(NC(=O)OCCN(C)C(=O)NCc2ccccc2Cl)nc1. The van der Waals surface area contributed by atoms with Crippen LogP contribution in [0.2, 0.25) is 5.02 Å². The molecule has 0 spiro atoms. The van der Waals surface area contributed by atoms with Crippen LogP contribution in [0.15, 0.2) is 42.6 Å². The average molecular weight is 405 g/mol. The number of urea groups is 1. The number of hydrogen-bond acceptors (Lipinski definition) is 5. The first-order valence-electron chi connectivity index (χ1n) is 8.50. The predicted octanol–water partition coefficient (Wildman–Crippen LogP) is 3.33. The van der Waals surface area contributed by atoms with Crippen LogP contribution in [-0.4, -0.2) is 48.0 Å². The maximum Gasteiger partial charge on any atom is 0.412 e. The summed E-state index contributed by atoms with van der Waals surface area (Å²) in [4.78, 5) is 40.3. The Balaban J connectivity index is 1.69. The number of nitrogens with one attached hydrogen (secondary N) is 2. The zero-order chi connectivity index (χ0) is 20.5. The summed E-state index contributed by atoms with van der Waals surface area (Å²) in [6, 6.07) is 9.98. The van der Waals surface area contributed by atoms with Gasteiger partial charge in [-0.15, -0.1) is 0 Å². The van der Waals surface area contributed by atoms with Crippen LogP contribution in [0, 0.1) is 0 Å². The molecule has 1 aromatic carbocycles. The summed E-state index contributed by atoms with van der Waals surface area (Å²) in [5.41, 5.74) is 1.26. The van der Waals surface area contributed by atoms with Gasteiger partial charge in [0.2, 0.25) is 0 Å². The third-order valence-electron chi connectivity index (χ3n) is 3.79. The van der Waals surface area contributed by atoms with Crippen molar-refractivity contribution < 1.29 is 19.1 Å². The Kier molecular flexibility index (Phi) is 7.76. The van der Waals surface area contributed by atoms with Gasteiger partial charge in [0.15, 0.2) is 5.78 Å². The van der Waals surface area contributed by atoms with E-state index in [0.717, 1.165) is 5.56 Å². The monoisotopic (exact) mass is 404 g/mol. The molecule has 9 heteroatoms. The molecule has 0 aliphatic rings. The molecule has 3 amide bonds. The highest BCUT2D eigenvalue weighted by atomic mass is 35.5. The maximum absolute atomic E-state index is 12.1. The smallest absolute Gasteiger partial charge is 0.412 e. The Morgan fingerprint density at radius 3 is 2.57 bits per heavy atom. The zero-order valence-corrected chi connectivity index (χ0v) is 16.3. The molecule has 2 N–H and O–H groups in total. The van der Waals surface area contributed by atoms with E-state index in [4.69, 9.17) is 16.3 Å². The number of carbonyl (C=O) groups is 3. The van der Waals surface area contributed by atoms with Gasteiger partial charge in [-0.1, -0.05) is 29.8 Å². The molecule has 1 heterocycles. The number of nitrogens with zero attached hydrogens (tertiary/aromatic N) is 2. The van der Waals surface area contributed by atoms with E-state index in [2.05, 4.69) is 15.6 Å². The fourth-order valence-corrected chi connectivity index (χ4v) is 2.34. The molecule has 0 unspecified atom stereocenters. The van der Waals surface area contributed by atoms with E-state index in [1.807, 2.05) is 18.2 Å². The Morgan fingerprint density at radius 2 is 1.93 bits per heavy atom. The van der Waals surface area contributed by atoms with Gasteiger partial charge < -0.3 is 15.0 Å². The third-order valence-corrected chi connectivity index (χ3v) is 4.16. The number of amides is 3. The van der Waals surface area contributed by atoms with Crippen molar-refractivity contribution in [3.05, 3.63) is 58.7 Å². The number of carbonyl (C=O) groups excluding carboxylic acids is 3. The van der Waals surface area contributed by atoms with Gasteiger partial charge >= 0.3 is 12.1 Å². The normalized spacial score (nSPS) is 10.1. The zero-order valence-electron chi connectivity index (χ0n) is 15.6. The predicted molar refractivity (Wildman–Crippen MR) is 106 cm³/mol. The van der Waals surface area contributed by atoms with Crippen molar-refractivity contribution in [2.45, 2.75) is 13.5 Å². The van der Waals surface area contributed by atoms with Crippen LogP contribution in [0.4, 0.5) is 15.4 Å². The molecular weight excluding hydrogens is 384 g/mol. The molecule has 1 aromatic heterocycles. The van der Waals surface area contributed by atoms with E-state index >= 15 is 0 Å². The molecule has 0 aliphatic heterocycles. The standard InChI is InChI=1S/C19H21ClN4O4/c1-13(25)14-7-8-17(21-11-14)23-19(27)28-10-9-24(2)18(26)22-12-15-5-3-4-6-16(15)20/h3-8,11H,9-10,12H2,1-2H3,(H,22,26)(H,21,23,27). The van der Waals surface area contributed by atoms with Crippen LogP contribution in [0.25, 0.3) is 0 Å². The molecule has 0 bridgehead atoms. The Bertz CT molecular complexity index is 842. The Labute approximate surface area is 167 Å². The van der Waals surface area contributed by atoms with Crippen molar-refractivity contribution in [1.82, 2.24) is 15.2 Å². The fourth-order valence-electron chi connectivity index (χ4n) is 2.14. The molecule has 0 aliphatic carbocycles. The summed E-state index contributed by atoms with van der Waals surface area (Å²) < 4.78 is 5.03. The largest absolute Gasteiger partial charge is 0.447 e. The summed E-state index contributed by atoms with van der Waals surface area (Å²) >= 11 is 6.05. The van der Waals surface area contributed by atoms with Gasteiger partial charge in [0.25, 0.3) is 0 Å². The second kappa shape index (κ2) is 10.3. The summed E-state index contributed by atoms with van der Waals surface area (Å²) in [6.07, 6.45) is 0.669. The van der Waals surface area contributed by atoms with E-state index in [-0.39, 0.29) is 30.8 Å². The molecule has 0 saturated heterocycles. The minimum Gasteiger partial charge on any atom is -0.447 e. The second-order valence-corrected chi connectivity index (χ2v) is 6.33. The lowest BCUT2D eigenvalue weighted by Crippen LogP contribution is -2.39. The molecule has 0 fully saturated rings. The van der Waals surface area contributed by atoms with E-state index < -0.39 is 6.09 Å². The van der Waals surface area contributed by atoms with E-state index in [1.54, 1.807) is 19.2 Å². The lowest BCUT2D eigenvalue weighted by atomic mass is 10.2. The number of hydrogen-bond donors (Lipinski definition) is 2. The van der Waals surface area contributed by atoms with Crippen molar-refractivity contribution in [1.29, 1.82) is 0 Å². The first kappa shape index (κ1) is 21.2. The average Bonchev–Trinajstić information content (AvgIpc) is 2.67. The van der Waals surface area contributed by atoms with Gasteiger partial charge in [0.05, 0.1) is 6.54 Å². The highest BCUT2D eigenvalue weighted by Crippen LogP contribution is 2.14. The van der Waals surface area contributed by atoms with Crippen molar-refractivity contribution in [3.63, 3.8) is 0 Å². The number of Topliss-reactive ketones (excluding diaryl/α,β-unsaturated/α-hetero) is 1. The highest BCUT2D eigenvalue weighted by molar-refractivity contribution is 6.31. The lowest BCUT2D eigenvalue weighted by molar-refractivity contribution is 0.101. The fraction of sp³-hybridized carbons (Fsp3) is 0.263. The van der Waals surface area contributed by atoms with Crippen LogP contribution in [0.1, 0.15) is 22.8 Å². The molecule has 2 aromatic rings. The van der Waals surface area contributed by atoms with Crippen molar-refractivity contribution in [3.8, 4) is 0 Å². The van der Waals surface area contributed by atoms with E-state index in [1.165, 1.54) is 24.1 Å². The van der Waals surface area contributed by atoms with Crippen LogP contribution >= 0.6 is 11.6 Å². The van der Waals surface area contributed by atoms with Crippen LogP contribution < -0.4 is 10.6 Å². The van der Waals surface area contributed by atoms with Gasteiger partial charge in [0.1, 0.15) is 12.4 Å². The van der Waals surface area contributed by atoms with Crippen molar-refractivity contribution in [2.75, 3.05) is 25.5 Å². The van der Waals surface area contributed by atoms with Gasteiger partial charge in [-0.05, 0) is 30.7 Å². The minimum absolute atomic E-state index is 0.00732. The summed E-state index contributed by atoms with van der Waals surface area (Å²) in [7, 11) is 1.59. The molecular formula is C19H21ClN4O4. The van der Waals surface area contributed by atoms with E-state index in [0.29, 0.717) is 17.1 Å². The molecule has 0 saturated carbocycles. The van der Waals surface area contributed by atoms with E-state index in [9.17, 15) is 14.4 Å². The summed E-state index contributed by atoms with van der Waals surface area (Å²) in [5, 5.41) is 5.77. The summed E-state index contributed by atoms with van der Waals surface area (Å²) in [6.45, 7) is 1.94. The van der Waals surface area contributed by atoms with Crippen molar-refractivity contribution >= 4 is 35.3 Å². The summed E-state index contributed by atoms with van der Waals surface area (Å²) in [5.74, 6) is 0.151. The molecule has 2 rings (SSSR count). The van der Waals surface area contributed by atoms with Crippen LogP contribution in [0.5, 0.6) is 0 Å². The number of rotatable bonds is 7. The molecule has 28 heavy (non-hydrogen) atoms. The van der Waals surface area contributed by atoms with Gasteiger partial charge in [-0.25, -0.2) is 14.6 Å². The van der Waals surface area contributed by atoms with Gasteiger partial charge in [-0.2, -0.15) is 0 Å².